The second-order valence-electron chi connectivity index (χ2n) is 4.67. The van der Waals surface area contributed by atoms with Crippen LogP contribution in [0.1, 0.15) is 38.8 Å². The monoisotopic (exact) mass is 236 g/mol. The molecule has 1 fully saturated rings. The fourth-order valence-corrected chi connectivity index (χ4v) is 2.43. The summed E-state index contributed by atoms with van der Waals surface area (Å²) in [5.41, 5.74) is 6.14. The van der Waals surface area contributed by atoms with Gasteiger partial charge in [-0.2, -0.15) is 5.10 Å². The minimum absolute atomic E-state index is 0.0298. The third kappa shape index (κ3) is 2.92. The van der Waals surface area contributed by atoms with Gasteiger partial charge in [-0.05, 0) is 32.3 Å². The number of carbonyl (C=O) groups is 1. The maximum absolute atomic E-state index is 11.4. The van der Waals surface area contributed by atoms with Gasteiger partial charge in [0.1, 0.15) is 11.9 Å². The van der Waals surface area contributed by atoms with Gasteiger partial charge < -0.3 is 5.73 Å². The zero-order valence-electron chi connectivity index (χ0n) is 10.2. The molecular formula is C12H20N4O. The Balaban J connectivity index is 2.17. The van der Waals surface area contributed by atoms with Gasteiger partial charge in [-0.25, -0.2) is 0 Å². The molecule has 0 saturated carbocycles. The predicted octanol–water partition coefficient (Wildman–Crippen LogP) is 1.13. The molecule has 1 aliphatic heterocycles. The van der Waals surface area contributed by atoms with Crippen molar-refractivity contribution in [3.05, 3.63) is 18.5 Å². The molecule has 1 aromatic rings. The number of ketones is 1. The standard InChI is InChI=1S/C12H20N4O/c1-10(17)9-12(16-8-4-6-14-16)15-7-3-2-5-11(15)13/h4,6,8,11-12H,2-3,5,7,9,13H2,1H3. The highest BCUT2D eigenvalue weighted by Crippen LogP contribution is 2.24. The van der Waals surface area contributed by atoms with Gasteiger partial charge in [-0.15, -0.1) is 0 Å². The van der Waals surface area contributed by atoms with Gasteiger partial charge in [0.25, 0.3) is 0 Å². The van der Waals surface area contributed by atoms with Gasteiger partial charge in [-0.3, -0.25) is 14.4 Å². The molecule has 17 heavy (non-hydrogen) atoms. The molecule has 5 nitrogen and oxygen atoms in total. The highest BCUT2D eigenvalue weighted by molar-refractivity contribution is 5.75. The van der Waals surface area contributed by atoms with Crippen molar-refractivity contribution in [2.45, 2.75) is 44.9 Å². The molecule has 0 amide bonds. The molecule has 0 bridgehead atoms. The smallest absolute Gasteiger partial charge is 0.133 e. The Hall–Kier alpha value is -1.20. The van der Waals surface area contributed by atoms with Crippen molar-refractivity contribution >= 4 is 5.78 Å². The average Bonchev–Trinajstić information content (AvgIpc) is 2.80. The Bertz CT molecular complexity index is 363. The number of hydrogen-bond donors (Lipinski definition) is 1. The van der Waals surface area contributed by atoms with Crippen LogP contribution < -0.4 is 5.73 Å². The summed E-state index contributed by atoms with van der Waals surface area (Å²) < 4.78 is 1.84. The van der Waals surface area contributed by atoms with Gasteiger partial charge in [0.05, 0.1) is 6.17 Å². The summed E-state index contributed by atoms with van der Waals surface area (Å²) in [4.78, 5) is 13.6. The molecule has 2 rings (SSSR count). The van der Waals surface area contributed by atoms with Crippen LogP contribution in [-0.4, -0.2) is 33.2 Å². The quantitative estimate of drug-likeness (QED) is 0.851. The zero-order chi connectivity index (χ0) is 12.3. The van der Waals surface area contributed by atoms with E-state index in [9.17, 15) is 4.79 Å². The number of nitrogens with two attached hydrogens (primary N) is 1. The van der Waals surface area contributed by atoms with Crippen molar-refractivity contribution in [3.63, 3.8) is 0 Å². The van der Waals surface area contributed by atoms with Crippen molar-refractivity contribution in [2.24, 2.45) is 5.73 Å². The minimum atomic E-state index is -0.0298. The lowest BCUT2D eigenvalue weighted by Gasteiger charge is -2.38. The van der Waals surface area contributed by atoms with Crippen LogP contribution in [0.2, 0.25) is 0 Å². The van der Waals surface area contributed by atoms with Crippen molar-refractivity contribution in [3.8, 4) is 0 Å². The molecular weight excluding hydrogens is 216 g/mol. The van der Waals surface area contributed by atoms with Gasteiger partial charge in [0, 0.05) is 25.4 Å². The lowest BCUT2D eigenvalue weighted by molar-refractivity contribution is -0.119. The number of piperidine rings is 1. The molecule has 2 heterocycles. The van der Waals surface area contributed by atoms with Crippen LogP contribution in [0.4, 0.5) is 0 Å². The topological polar surface area (TPSA) is 64.2 Å². The number of hydrogen-bond acceptors (Lipinski definition) is 4. The Kier molecular flexibility index (Phi) is 3.91. The van der Waals surface area contributed by atoms with Crippen LogP contribution in [0.5, 0.6) is 0 Å². The Labute approximate surface area is 102 Å². The van der Waals surface area contributed by atoms with Crippen LogP contribution in [-0.2, 0) is 4.79 Å². The van der Waals surface area contributed by atoms with Crippen LogP contribution in [0.15, 0.2) is 18.5 Å². The summed E-state index contributed by atoms with van der Waals surface area (Å²) in [7, 11) is 0. The first-order chi connectivity index (χ1) is 8.18. The molecule has 5 heteroatoms. The van der Waals surface area contributed by atoms with E-state index >= 15 is 0 Å². The number of likely N-dealkylation sites (tertiary alicyclic amines) is 1. The molecule has 0 radical (unpaired) electrons. The summed E-state index contributed by atoms with van der Waals surface area (Å²) in [6.07, 6.45) is 7.42. The second kappa shape index (κ2) is 5.42. The van der Waals surface area contributed by atoms with Crippen molar-refractivity contribution < 1.29 is 4.79 Å². The van der Waals surface area contributed by atoms with Crippen LogP contribution in [0.25, 0.3) is 0 Å². The fourth-order valence-electron chi connectivity index (χ4n) is 2.43. The van der Waals surface area contributed by atoms with E-state index in [4.69, 9.17) is 5.73 Å². The lowest BCUT2D eigenvalue weighted by Crippen LogP contribution is -2.49. The highest BCUT2D eigenvalue weighted by Gasteiger charge is 2.28. The third-order valence-corrected chi connectivity index (χ3v) is 3.28. The van der Waals surface area contributed by atoms with E-state index in [2.05, 4.69) is 10.00 Å². The van der Waals surface area contributed by atoms with E-state index in [0.29, 0.717) is 6.42 Å². The molecule has 1 aliphatic rings. The maximum atomic E-state index is 11.4. The van der Waals surface area contributed by atoms with Gasteiger partial charge in [-0.1, -0.05) is 0 Å². The summed E-state index contributed by atoms with van der Waals surface area (Å²) in [5.74, 6) is 0.170. The third-order valence-electron chi connectivity index (χ3n) is 3.28. The molecule has 2 N–H and O–H groups in total. The lowest BCUT2D eigenvalue weighted by atomic mass is 10.1. The summed E-state index contributed by atoms with van der Waals surface area (Å²) in [6.45, 7) is 2.56. The largest absolute Gasteiger partial charge is 0.316 e. The number of aromatic nitrogens is 2. The van der Waals surface area contributed by atoms with Crippen molar-refractivity contribution in [1.29, 1.82) is 0 Å². The van der Waals surface area contributed by atoms with Gasteiger partial charge in [0.15, 0.2) is 0 Å². The normalized spacial score (nSPS) is 23.5. The molecule has 94 valence electrons. The SMILES string of the molecule is CC(=O)CC(N1CCCCC1N)n1cccn1. The van der Waals surface area contributed by atoms with Crippen LogP contribution in [0, 0.1) is 0 Å². The van der Waals surface area contributed by atoms with E-state index in [1.807, 2.05) is 16.9 Å². The van der Waals surface area contributed by atoms with Gasteiger partial charge >= 0.3 is 0 Å². The van der Waals surface area contributed by atoms with Crippen LogP contribution in [0.3, 0.4) is 0 Å². The Morgan fingerprint density at radius 1 is 1.59 bits per heavy atom. The molecule has 1 saturated heterocycles. The average molecular weight is 236 g/mol. The summed E-state index contributed by atoms with van der Waals surface area (Å²) >= 11 is 0. The number of rotatable bonds is 4. The molecule has 1 aromatic heterocycles. The predicted molar refractivity (Wildman–Crippen MR) is 65.1 cm³/mol. The molecule has 2 atom stereocenters. The molecule has 0 aliphatic carbocycles. The maximum Gasteiger partial charge on any atom is 0.133 e. The minimum Gasteiger partial charge on any atom is -0.316 e. The fraction of sp³-hybridized carbons (Fsp3) is 0.667. The first-order valence-electron chi connectivity index (χ1n) is 6.18. The summed E-state index contributed by atoms with van der Waals surface area (Å²) in [6, 6.07) is 1.88. The first-order valence-corrected chi connectivity index (χ1v) is 6.18. The highest BCUT2D eigenvalue weighted by atomic mass is 16.1. The molecule has 0 spiro atoms. The van der Waals surface area contributed by atoms with E-state index in [1.54, 1.807) is 13.1 Å². The number of carbonyl (C=O) groups excluding carboxylic acids is 1. The van der Waals surface area contributed by atoms with Gasteiger partial charge in [0.2, 0.25) is 0 Å². The van der Waals surface area contributed by atoms with E-state index in [1.165, 1.54) is 6.42 Å². The Morgan fingerprint density at radius 2 is 2.41 bits per heavy atom. The summed E-state index contributed by atoms with van der Waals surface area (Å²) in [5, 5.41) is 4.25. The van der Waals surface area contributed by atoms with E-state index < -0.39 is 0 Å². The van der Waals surface area contributed by atoms with Crippen molar-refractivity contribution in [2.75, 3.05) is 6.54 Å². The molecule has 0 aromatic carbocycles. The van der Waals surface area contributed by atoms with Crippen LogP contribution >= 0.6 is 0 Å². The first kappa shape index (κ1) is 12.3. The number of nitrogens with zero attached hydrogens (tertiary/aromatic N) is 3. The number of Topliss-reactive ketones (excluding diaryl/α,β-unsaturated/α-hetero) is 1. The van der Waals surface area contributed by atoms with Crippen molar-refractivity contribution in [1.82, 2.24) is 14.7 Å². The molecule has 2 unspecified atom stereocenters. The zero-order valence-corrected chi connectivity index (χ0v) is 10.2. The Morgan fingerprint density at radius 3 is 3.00 bits per heavy atom. The van der Waals surface area contributed by atoms with E-state index in [0.717, 1.165) is 19.4 Å². The second-order valence-corrected chi connectivity index (χ2v) is 4.67. The van der Waals surface area contributed by atoms with E-state index in [-0.39, 0.29) is 18.1 Å².